The Labute approximate surface area is 208 Å². The molecule has 0 saturated carbocycles. The van der Waals surface area contributed by atoms with Gasteiger partial charge < -0.3 is 5.32 Å². The lowest BCUT2D eigenvalue weighted by atomic mass is 10.1. The molecule has 1 aliphatic heterocycles. The third-order valence-corrected chi connectivity index (χ3v) is 6.91. The van der Waals surface area contributed by atoms with Gasteiger partial charge in [-0.3, -0.25) is 24.3 Å². The third-order valence-electron chi connectivity index (χ3n) is 5.88. The highest BCUT2D eigenvalue weighted by Crippen LogP contribution is 2.35. The zero-order valence-electron chi connectivity index (χ0n) is 19.0. The average molecular weight is 495 g/mol. The Morgan fingerprint density at radius 3 is 2.50 bits per heavy atom. The van der Waals surface area contributed by atoms with Crippen LogP contribution in [0, 0.1) is 6.92 Å². The van der Waals surface area contributed by atoms with Gasteiger partial charge in [0, 0.05) is 29.2 Å². The van der Waals surface area contributed by atoms with E-state index < -0.39 is 11.5 Å². The molecule has 2 aromatic carbocycles. The summed E-state index contributed by atoms with van der Waals surface area (Å²) in [5.74, 6) is -0.341. The molecule has 6 rings (SSSR count). The van der Waals surface area contributed by atoms with Crippen LogP contribution >= 0.6 is 11.3 Å². The highest BCUT2D eigenvalue weighted by Gasteiger charge is 2.35. The van der Waals surface area contributed by atoms with Crippen LogP contribution in [0.15, 0.2) is 77.9 Å². The minimum absolute atomic E-state index is 0.186. The van der Waals surface area contributed by atoms with Crippen molar-refractivity contribution in [2.75, 3.05) is 16.8 Å². The molecule has 3 aromatic heterocycles. The van der Waals surface area contributed by atoms with Gasteiger partial charge in [-0.15, -0.1) is 5.10 Å². The molecule has 0 bridgehead atoms. The number of hydrogen-bond donors (Lipinski definition) is 1. The summed E-state index contributed by atoms with van der Waals surface area (Å²) in [7, 11) is 0. The predicted molar refractivity (Wildman–Crippen MR) is 137 cm³/mol. The fourth-order valence-corrected chi connectivity index (χ4v) is 5.14. The molecule has 176 valence electrons. The first-order valence-electron chi connectivity index (χ1n) is 11.1. The molecule has 0 radical (unpaired) electrons. The number of para-hydroxylation sites is 1. The van der Waals surface area contributed by atoms with E-state index in [9.17, 15) is 14.4 Å². The van der Waals surface area contributed by atoms with Gasteiger partial charge in [0.15, 0.2) is 5.82 Å². The number of aryl methyl sites for hydroxylation is 1. The molecule has 9 nitrogen and oxygen atoms in total. The molecular weight excluding hydrogens is 476 g/mol. The number of anilines is 2. The Bertz CT molecular complexity index is 1760. The number of benzene rings is 2. The van der Waals surface area contributed by atoms with Crippen molar-refractivity contribution in [3.05, 3.63) is 99.1 Å². The fraction of sp³-hybridized carbons (Fsp3) is 0.0769. The first-order valence-corrected chi connectivity index (χ1v) is 11.9. The van der Waals surface area contributed by atoms with Crippen LogP contribution in [0.3, 0.4) is 0 Å². The molecule has 0 saturated heterocycles. The quantitative estimate of drug-likeness (QED) is 0.411. The molecule has 4 heterocycles. The number of fused-ring (bicyclic) bond motifs is 2. The molecular formula is C26H18N6O3S. The normalized spacial score (nSPS) is 14.4. The van der Waals surface area contributed by atoms with Gasteiger partial charge in [-0.2, -0.15) is 9.50 Å². The maximum atomic E-state index is 13.6. The summed E-state index contributed by atoms with van der Waals surface area (Å²) in [5, 5.41) is 7.17. The summed E-state index contributed by atoms with van der Waals surface area (Å²) in [6.45, 7) is 1.78. The number of nitrogens with zero attached hydrogens (tertiary/aromatic N) is 5. The van der Waals surface area contributed by atoms with E-state index in [4.69, 9.17) is 0 Å². The Kier molecular flexibility index (Phi) is 5.15. The monoisotopic (exact) mass is 494 g/mol. The zero-order valence-corrected chi connectivity index (χ0v) is 19.8. The summed E-state index contributed by atoms with van der Waals surface area (Å²) in [5.41, 5.74) is 3.46. The summed E-state index contributed by atoms with van der Waals surface area (Å²) in [6, 6.07) is 18.1. The van der Waals surface area contributed by atoms with Gasteiger partial charge in [0.25, 0.3) is 11.5 Å². The number of hydrogen-bond acceptors (Lipinski definition) is 7. The van der Waals surface area contributed by atoms with Crippen molar-refractivity contribution in [1.82, 2.24) is 19.6 Å². The molecule has 0 spiro atoms. The number of carbonyl (C=O) groups is 2. The Balaban J connectivity index is 1.39. The summed E-state index contributed by atoms with van der Waals surface area (Å²) < 4.78 is 1.45. The smallest absolute Gasteiger partial charge is 0.291 e. The van der Waals surface area contributed by atoms with Crippen molar-refractivity contribution >= 4 is 45.1 Å². The van der Waals surface area contributed by atoms with Crippen molar-refractivity contribution in [3.63, 3.8) is 0 Å². The summed E-state index contributed by atoms with van der Waals surface area (Å²) in [4.78, 5) is 49.9. The largest absolute Gasteiger partial charge is 0.325 e. The van der Waals surface area contributed by atoms with Crippen LogP contribution in [0.2, 0.25) is 0 Å². The van der Waals surface area contributed by atoms with E-state index in [-0.39, 0.29) is 22.6 Å². The number of nitrogens with one attached hydrogen (secondary N) is 1. The molecule has 2 amide bonds. The average Bonchev–Trinajstić information content (AvgIpc) is 3.52. The maximum Gasteiger partial charge on any atom is 0.291 e. The zero-order chi connectivity index (χ0) is 24.8. The second-order valence-corrected chi connectivity index (χ2v) is 9.28. The highest BCUT2D eigenvalue weighted by atomic mass is 32.1. The van der Waals surface area contributed by atoms with Gasteiger partial charge in [-0.25, -0.2) is 0 Å². The molecule has 5 aromatic rings. The highest BCUT2D eigenvalue weighted by molar-refractivity contribution is 7.15. The summed E-state index contributed by atoms with van der Waals surface area (Å²) in [6.07, 6.45) is 3.25. The van der Waals surface area contributed by atoms with E-state index in [1.54, 1.807) is 48.8 Å². The lowest BCUT2D eigenvalue weighted by Gasteiger charge is -2.16. The van der Waals surface area contributed by atoms with Crippen molar-refractivity contribution in [3.8, 4) is 11.4 Å². The van der Waals surface area contributed by atoms with E-state index in [0.29, 0.717) is 27.7 Å². The van der Waals surface area contributed by atoms with E-state index >= 15 is 0 Å². The van der Waals surface area contributed by atoms with Crippen LogP contribution in [0.5, 0.6) is 0 Å². The van der Waals surface area contributed by atoms with Crippen molar-refractivity contribution in [1.29, 1.82) is 0 Å². The molecule has 0 atom stereocenters. The van der Waals surface area contributed by atoms with E-state index in [1.165, 1.54) is 9.42 Å². The predicted octanol–water partition coefficient (Wildman–Crippen LogP) is 2.42. The van der Waals surface area contributed by atoms with Crippen LogP contribution in [-0.4, -0.2) is 37.9 Å². The van der Waals surface area contributed by atoms with Crippen molar-refractivity contribution in [2.24, 2.45) is 0 Å². The number of thiazole rings is 1. The Hall–Kier alpha value is -4.70. The fourth-order valence-electron chi connectivity index (χ4n) is 4.15. The van der Waals surface area contributed by atoms with Gasteiger partial charge in [0.05, 0.1) is 11.3 Å². The van der Waals surface area contributed by atoms with Crippen LogP contribution in [-0.2, 0) is 9.59 Å². The minimum atomic E-state index is -0.424. The number of rotatable bonds is 4. The number of pyridine rings is 1. The second-order valence-electron chi connectivity index (χ2n) is 8.30. The van der Waals surface area contributed by atoms with E-state index in [2.05, 4.69) is 20.4 Å². The topological polar surface area (TPSA) is 110 Å². The maximum absolute atomic E-state index is 13.6. The minimum Gasteiger partial charge on any atom is -0.325 e. The van der Waals surface area contributed by atoms with Crippen LogP contribution in [0.1, 0.15) is 11.1 Å². The Morgan fingerprint density at radius 2 is 1.75 bits per heavy atom. The molecule has 1 aliphatic rings. The van der Waals surface area contributed by atoms with Crippen molar-refractivity contribution in [2.45, 2.75) is 6.92 Å². The number of aromatic nitrogens is 4. The van der Waals surface area contributed by atoms with Gasteiger partial charge in [0.1, 0.15) is 11.1 Å². The van der Waals surface area contributed by atoms with Gasteiger partial charge in [-0.05, 0) is 37.3 Å². The van der Waals surface area contributed by atoms with E-state index in [0.717, 1.165) is 22.5 Å². The SMILES string of the molecule is Cc1ccc(NC(=O)CN2C(=O)C(=c3sc4nc(-c5ccncc5)nn4c3=O)c3ccccc32)cc1. The first kappa shape index (κ1) is 21.8. The molecule has 10 heteroatoms. The second kappa shape index (κ2) is 8.51. The lowest BCUT2D eigenvalue weighted by molar-refractivity contribution is -0.118. The van der Waals surface area contributed by atoms with Crippen LogP contribution in [0.25, 0.3) is 21.9 Å². The first-order chi connectivity index (χ1) is 17.5. The number of amides is 2. The van der Waals surface area contributed by atoms with Gasteiger partial charge in [-0.1, -0.05) is 47.2 Å². The number of carbonyl (C=O) groups excluding carboxylic acids is 2. The lowest BCUT2D eigenvalue weighted by Crippen LogP contribution is -2.37. The molecule has 0 fully saturated rings. The van der Waals surface area contributed by atoms with Crippen LogP contribution in [0.4, 0.5) is 11.4 Å². The van der Waals surface area contributed by atoms with Crippen LogP contribution < -0.4 is 20.3 Å². The molecule has 1 N–H and O–H groups in total. The molecule has 0 aliphatic carbocycles. The van der Waals surface area contributed by atoms with Gasteiger partial charge in [0.2, 0.25) is 10.9 Å². The molecule has 36 heavy (non-hydrogen) atoms. The molecule has 0 unspecified atom stereocenters. The third kappa shape index (κ3) is 3.64. The van der Waals surface area contributed by atoms with Gasteiger partial charge >= 0.3 is 0 Å². The summed E-state index contributed by atoms with van der Waals surface area (Å²) >= 11 is 1.11. The van der Waals surface area contributed by atoms with Crippen molar-refractivity contribution < 1.29 is 9.59 Å². The standard InChI is InChI=1S/C26H18N6O3S/c1-15-6-8-17(9-7-15)28-20(33)14-31-19-5-3-2-4-18(19)21(24(31)34)22-25(35)32-26(36-22)29-23(30-32)16-10-12-27-13-11-16/h2-13H,14H2,1H3,(H,28,33). The Morgan fingerprint density at radius 1 is 1.00 bits per heavy atom. The van der Waals surface area contributed by atoms with E-state index in [1.807, 2.05) is 31.2 Å².